The van der Waals surface area contributed by atoms with Crippen molar-refractivity contribution in [2.75, 3.05) is 20.2 Å². The zero-order valence-corrected chi connectivity index (χ0v) is 13.9. The first kappa shape index (κ1) is 15.2. The summed E-state index contributed by atoms with van der Waals surface area (Å²) in [5.74, 6) is 2.10. The first-order valence-corrected chi connectivity index (χ1v) is 8.68. The molecular weight excluding hydrogens is 302 g/mol. The van der Waals surface area contributed by atoms with Crippen molar-refractivity contribution in [1.82, 2.24) is 15.1 Å². The van der Waals surface area contributed by atoms with Crippen molar-refractivity contribution < 1.29 is 9.53 Å². The highest BCUT2D eigenvalue weighted by Crippen LogP contribution is 2.49. The molecule has 2 fully saturated rings. The van der Waals surface area contributed by atoms with Gasteiger partial charge in [-0.15, -0.1) is 0 Å². The number of likely N-dealkylation sites (tertiary alicyclic amines) is 1. The van der Waals surface area contributed by atoms with Gasteiger partial charge < -0.3 is 9.64 Å². The highest BCUT2D eigenvalue weighted by Gasteiger charge is 2.46. The third kappa shape index (κ3) is 2.90. The lowest BCUT2D eigenvalue weighted by Gasteiger charge is -2.32. The van der Waals surface area contributed by atoms with E-state index < -0.39 is 0 Å². The summed E-state index contributed by atoms with van der Waals surface area (Å²) in [7, 11) is 1.67. The molecule has 24 heavy (non-hydrogen) atoms. The molecule has 126 valence electrons. The van der Waals surface area contributed by atoms with Crippen LogP contribution < -0.4 is 4.74 Å². The average Bonchev–Trinajstić information content (AvgIpc) is 3.25. The monoisotopic (exact) mass is 325 g/mol. The summed E-state index contributed by atoms with van der Waals surface area (Å²) >= 11 is 0. The molecule has 0 bridgehead atoms. The molecule has 2 heterocycles. The Kier molecular flexibility index (Phi) is 4.00. The molecule has 1 amide bonds. The van der Waals surface area contributed by atoms with E-state index in [4.69, 9.17) is 4.74 Å². The number of piperidine rings is 1. The number of amides is 1. The molecule has 1 N–H and O–H groups in total. The van der Waals surface area contributed by atoms with Gasteiger partial charge in [0.05, 0.1) is 7.11 Å². The van der Waals surface area contributed by atoms with Crippen LogP contribution in [-0.2, 0) is 4.79 Å². The van der Waals surface area contributed by atoms with Gasteiger partial charge in [-0.3, -0.25) is 9.89 Å². The van der Waals surface area contributed by atoms with Crippen molar-refractivity contribution in [3.05, 3.63) is 47.8 Å². The van der Waals surface area contributed by atoms with E-state index in [2.05, 4.69) is 27.2 Å². The zero-order chi connectivity index (χ0) is 16.5. The maximum atomic E-state index is 12.9. The minimum absolute atomic E-state index is 0.152. The maximum Gasteiger partial charge on any atom is 0.226 e. The highest BCUT2D eigenvalue weighted by atomic mass is 16.5. The third-order valence-corrected chi connectivity index (χ3v) is 5.35. The van der Waals surface area contributed by atoms with Crippen LogP contribution in [0.2, 0.25) is 0 Å². The molecule has 1 saturated carbocycles. The predicted molar refractivity (Wildman–Crippen MR) is 91.0 cm³/mol. The van der Waals surface area contributed by atoms with Gasteiger partial charge in [0.15, 0.2) is 0 Å². The molecule has 0 spiro atoms. The molecule has 0 unspecified atom stereocenters. The van der Waals surface area contributed by atoms with E-state index in [-0.39, 0.29) is 5.92 Å². The number of nitrogens with zero attached hydrogens (tertiary/aromatic N) is 2. The van der Waals surface area contributed by atoms with Crippen molar-refractivity contribution in [2.24, 2.45) is 5.92 Å². The number of aromatic nitrogens is 2. The van der Waals surface area contributed by atoms with Gasteiger partial charge in [0.1, 0.15) is 5.75 Å². The number of carbonyl (C=O) groups is 1. The van der Waals surface area contributed by atoms with E-state index in [0.29, 0.717) is 17.7 Å². The molecule has 5 heteroatoms. The number of rotatable bonds is 4. The second-order valence-corrected chi connectivity index (χ2v) is 6.86. The van der Waals surface area contributed by atoms with Crippen LogP contribution in [0.15, 0.2) is 36.5 Å². The minimum atomic E-state index is 0.152. The summed E-state index contributed by atoms with van der Waals surface area (Å²) in [6, 6.07) is 10.1. The molecular formula is C19H23N3O2. The number of H-pyrrole nitrogens is 1. The van der Waals surface area contributed by atoms with Crippen molar-refractivity contribution in [1.29, 1.82) is 0 Å². The smallest absolute Gasteiger partial charge is 0.226 e. The number of aromatic amines is 1. The summed E-state index contributed by atoms with van der Waals surface area (Å²) in [5, 5.41) is 7.10. The van der Waals surface area contributed by atoms with Gasteiger partial charge in [-0.2, -0.15) is 5.10 Å². The van der Waals surface area contributed by atoms with Crippen LogP contribution in [0, 0.1) is 5.92 Å². The lowest BCUT2D eigenvalue weighted by Crippen LogP contribution is -2.40. The van der Waals surface area contributed by atoms with E-state index in [1.165, 1.54) is 5.56 Å². The standard InChI is InChI=1S/C19H23N3O2/c1-24-15-6-4-13(5-7-15)16-11-17(16)19(23)22-10-2-3-14(12-22)18-8-9-20-21-18/h4-9,14,16-17H,2-3,10-12H2,1H3,(H,20,21)/t14-,16+,17+/m1/s1. The lowest BCUT2D eigenvalue weighted by molar-refractivity contribution is -0.133. The Bertz CT molecular complexity index is 696. The number of carbonyl (C=O) groups excluding carboxylic acids is 1. The van der Waals surface area contributed by atoms with Crippen LogP contribution in [0.3, 0.4) is 0 Å². The van der Waals surface area contributed by atoms with Crippen molar-refractivity contribution in [2.45, 2.75) is 31.1 Å². The van der Waals surface area contributed by atoms with Crippen LogP contribution in [0.5, 0.6) is 5.75 Å². The SMILES string of the molecule is COc1ccc([C@@H]2C[C@@H]2C(=O)N2CCC[C@@H](c3ccn[nH]3)C2)cc1. The Morgan fingerprint density at radius 1 is 1.29 bits per heavy atom. The predicted octanol–water partition coefficient (Wildman–Crippen LogP) is 2.93. The number of methoxy groups -OCH3 is 1. The van der Waals surface area contributed by atoms with Gasteiger partial charge in [-0.05, 0) is 48.9 Å². The highest BCUT2D eigenvalue weighted by molar-refractivity contribution is 5.83. The van der Waals surface area contributed by atoms with Crippen LogP contribution in [0.1, 0.15) is 42.4 Å². The van der Waals surface area contributed by atoms with E-state index in [0.717, 1.165) is 43.8 Å². The van der Waals surface area contributed by atoms with E-state index in [9.17, 15) is 4.79 Å². The fourth-order valence-corrected chi connectivity index (χ4v) is 3.85. The molecule has 1 aromatic heterocycles. The average molecular weight is 325 g/mol. The fourth-order valence-electron chi connectivity index (χ4n) is 3.85. The van der Waals surface area contributed by atoms with Gasteiger partial charge in [0.25, 0.3) is 0 Å². The van der Waals surface area contributed by atoms with E-state index in [1.807, 2.05) is 18.2 Å². The molecule has 1 aliphatic carbocycles. The Morgan fingerprint density at radius 2 is 2.12 bits per heavy atom. The Balaban J connectivity index is 1.39. The van der Waals surface area contributed by atoms with Gasteiger partial charge in [0, 0.05) is 36.8 Å². The summed E-state index contributed by atoms with van der Waals surface area (Å²) < 4.78 is 5.20. The summed E-state index contributed by atoms with van der Waals surface area (Å²) in [6.07, 6.45) is 4.95. The number of benzene rings is 1. The van der Waals surface area contributed by atoms with Gasteiger partial charge in [-0.1, -0.05) is 12.1 Å². The second kappa shape index (κ2) is 6.30. The Morgan fingerprint density at radius 3 is 2.83 bits per heavy atom. The van der Waals surface area contributed by atoms with Gasteiger partial charge in [-0.25, -0.2) is 0 Å². The molecule has 2 aliphatic rings. The molecule has 2 aromatic rings. The minimum Gasteiger partial charge on any atom is -0.497 e. The van der Waals surface area contributed by atoms with Crippen molar-refractivity contribution >= 4 is 5.91 Å². The molecule has 1 saturated heterocycles. The van der Waals surface area contributed by atoms with E-state index in [1.54, 1.807) is 13.3 Å². The van der Waals surface area contributed by atoms with E-state index >= 15 is 0 Å². The first-order chi connectivity index (χ1) is 11.8. The Hall–Kier alpha value is -2.30. The quantitative estimate of drug-likeness (QED) is 0.940. The Labute approximate surface area is 142 Å². The summed E-state index contributed by atoms with van der Waals surface area (Å²) in [6.45, 7) is 1.70. The fraction of sp³-hybridized carbons (Fsp3) is 0.474. The molecule has 1 aliphatic heterocycles. The lowest BCUT2D eigenvalue weighted by atomic mass is 9.94. The zero-order valence-electron chi connectivity index (χ0n) is 13.9. The summed E-state index contributed by atoms with van der Waals surface area (Å²) in [4.78, 5) is 14.9. The van der Waals surface area contributed by atoms with Crippen molar-refractivity contribution in [3.63, 3.8) is 0 Å². The van der Waals surface area contributed by atoms with Crippen LogP contribution >= 0.6 is 0 Å². The van der Waals surface area contributed by atoms with Crippen molar-refractivity contribution in [3.8, 4) is 5.75 Å². The largest absolute Gasteiger partial charge is 0.497 e. The topological polar surface area (TPSA) is 58.2 Å². The number of nitrogens with one attached hydrogen (secondary N) is 1. The van der Waals surface area contributed by atoms with Crippen LogP contribution in [0.25, 0.3) is 0 Å². The van der Waals surface area contributed by atoms with Crippen LogP contribution in [0.4, 0.5) is 0 Å². The molecule has 3 atom stereocenters. The number of ether oxygens (including phenoxy) is 1. The second-order valence-electron chi connectivity index (χ2n) is 6.86. The molecule has 5 nitrogen and oxygen atoms in total. The molecule has 0 radical (unpaired) electrons. The van der Waals surface area contributed by atoms with Gasteiger partial charge in [0.2, 0.25) is 5.91 Å². The normalized spacial score (nSPS) is 26.2. The molecule has 1 aromatic carbocycles. The first-order valence-electron chi connectivity index (χ1n) is 8.68. The van der Waals surface area contributed by atoms with Gasteiger partial charge >= 0.3 is 0 Å². The third-order valence-electron chi connectivity index (χ3n) is 5.35. The van der Waals surface area contributed by atoms with Crippen LogP contribution in [-0.4, -0.2) is 41.2 Å². The number of hydrogen-bond acceptors (Lipinski definition) is 3. The molecule has 4 rings (SSSR count). The maximum absolute atomic E-state index is 12.9. The summed E-state index contributed by atoms with van der Waals surface area (Å²) in [5.41, 5.74) is 2.39. The number of hydrogen-bond donors (Lipinski definition) is 1.